The van der Waals surface area contributed by atoms with E-state index in [0.717, 1.165) is 40.4 Å². The van der Waals surface area contributed by atoms with Gasteiger partial charge in [0.2, 0.25) is 0 Å². The normalized spacial score (nSPS) is 18.0. The van der Waals surface area contributed by atoms with Crippen molar-refractivity contribution in [2.24, 2.45) is 11.7 Å². The molecule has 1 atom stereocenters. The van der Waals surface area contributed by atoms with Crippen molar-refractivity contribution in [1.29, 1.82) is 0 Å². The molecule has 0 bridgehead atoms. The van der Waals surface area contributed by atoms with Crippen LogP contribution in [0, 0.1) is 18.7 Å². The maximum Gasteiger partial charge on any atom is 0.263 e. The fraction of sp³-hybridized carbons (Fsp3) is 0.353. The van der Waals surface area contributed by atoms with Gasteiger partial charge in [-0.25, -0.2) is 4.39 Å². The smallest absolute Gasteiger partial charge is 0.263 e. The molecule has 1 aromatic heterocycles. The summed E-state index contributed by atoms with van der Waals surface area (Å²) in [5.41, 5.74) is 7.63. The number of nitrogens with zero attached hydrogens (tertiary/aromatic N) is 1. The molecule has 1 fully saturated rings. The van der Waals surface area contributed by atoms with Gasteiger partial charge in [-0.1, -0.05) is 12.1 Å². The van der Waals surface area contributed by atoms with E-state index in [1.165, 1.54) is 23.5 Å². The topological polar surface area (TPSA) is 46.3 Å². The van der Waals surface area contributed by atoms with E-state index < -0.39 is 0 Å². The lowest BCUT2D eigenvalue weighted by Gasteiger charge is -2.14. The first-order valence-corrected chi connectivity index (χ1v) is 8.26. The summed E-state index contributed by atoms with van der Waals surface area (Å²) in [5, 5.41) is 0. The number of rotatable bonds is 3. The maximum absolute atomic E-state index is 13.0. The first kappa shape index (κ1) is 15.2. The van der Waals surface area contributed by atoms with Gasteiger partial charge in [0.1, 0.15) is 5.82 Å². The van der Waals surface area contributed by atoms with Crippen molar-refractivity contribution < 1.29 is 9.18 Å². The molecule has 3 nitrogen and oxygen atoms in total. The van der Waals surface area contributed by atoms with Crippen LogP contribution < -0.4 is 5.73 Å². The fourth-order valence-electron chi connectivity index (χ4n) is 2.87. The third-order valence-electron chi connectivity index (χ3n) is 4.19. The van der Waals surface area contributed by atoms with E-state index in [0.29, 0.717) is 12.5 Å². The predicted molar refractivity (Wildman–Crippen MR) is 87.5 cm³/mol. The van der Waals surface area contributed by atoms with Crippen LogP contribution in [-0.4, -0.2) is 30.4 Å². The van der Waals surface area contributed by atoms with Gasteiger partial charge in [0.05, 0.1) is 4.88 Å². The summed E-state index contributed by atoms with van der Waals surface area (Å²) in [7, 11) is 0. The quantitative estimate of drug-likeness (QED) is 0.944. The molecule has 5 heteroatoms. The number of halogens is 1. The zero-order valence-corrected chi connectivity index (χ0v) is 13.3. The Morgan fingerprint density at radius 2 is 2.14 bits per heavy atom. The summed E-state index contributed by atoms with van der Waals surface area (Å²) >= 11 is 1.50. The standard InChI is InChI=1S/C17H19FN2OS/c1-11-15(13-2-4-14(18)5-3-13)8-16(22-11)17(21)20-7-6-12(9-19)10-20/h2-5,8,12H,6-7,9-10,19H2,1H3. The Kier molecular flexibility index (Phi) is 4.27. The summed E-state index contributed by atoms with van der Waals surface area (Å²) in [5.74, 6) is 0.247. The number of nitrogens with two attached hydrogens (primary N) is 1. The fourth-order valence-corrected chi connectivity index (χ4v) is 3.88. The lowest BCUT2D eigenvalue weighted by atomic mass is 10.1. The van der Waals surface area contributed by atoms with Crippen LogP contribution in [0.2, 0.25) is 0 Å². The Morgan fingerprint density at radius 1 is 1.41 bits per heavy atom. The van der Waals surface area contributed by atoms with Gasteiger partial charge in [0.25, 0.3) is 5.91 Å². The van der Waals surface area contributed by atoms with Crippen molar-refractivity contribution in [1.82, 2.24) is 4.90 Å². The molecule has 0 radical (unpaired) electrons. The van der Waals surface area contributed by atoms with Crippen molar-refractivity contribution in [3.05, 3.63) is 45.9 Å². The second kappa shape index (κ2) is 6.18. The van der Waals surface area contributed by atoms with Gasteiger partial charge in [-0.05, 0) is 55.1 Å². The summed E-state index contributed by atoms with van der Waals surface area (Å²) in [6.45, 7) is 4.16. The Bertz CT molecular complexity index is 680. The van der Waals surface area contributed by atoms with Gasteiger partial charge in [-0.15, -0.1) is 11.3 Å². The second-order valence-electron chi connectivity index (χ2n) is 5.73. The number of amides is 1. The van der Waals surface area contributed by atoms with Crippen LogP contribution in [0.4, 0.5) is 4.39 Å². The van der Waals surface area contributed by atoms with Crippen LogP contribution >= 0.6 is 11.3 Å². The molecule has 1 aliphatic rings. The predicted octanol–water partition coefficient (Wildman–Crippen LogP) is 3.28. The summed E-state index contributed by atoms with van der Waals surface area (Å²) in [6, 6.07) is 8.31. The molecule has 1 unspecified atom stereocenters. The molecule has 0 saturated carbocycles. The lowest BCUT2D eigenvalue weighted by Crippen LogP contribution is -2.29. The summed E-state index contributed by atoms with van der Waals surface area (Å²) in [6.07, 6.45) is 0.984. The van der Waals surface area contributed by atoms with Crippen LogP contribution in [0.3, 0.4) is 0 Å². The highest BCUT2D eigenvalue weighted by Gasteiger charge is 2.27. The van der Waals surface area contributed by atoms with E-state index >= 15 is 0 Å². The van der Waals surface area contributed by atoms with Gasteiger partial charge in [-0.3, -0.25) is 4.79 Å². The van der Waals surface area contributed by atoms with E-state index in [1.54, 1.807) is 12.1 Å². The van der Waals surface area contributed by atoms with Crippen molar-refractivity contribution in [3.63, 3.8) is 0 Å². The van der Waals surface area contributed by atoms with E-state index in [2.05, 4.69) is 0 Å². The van der Waals surface area contributed by atoms with Gasteiger partial charge in [-0.2, -0.15) is 0 Å². The van der Waals surface area contributed by atoms with E-state index in [-0.39, 0.29) is 11.7 Å². The van der Waals surface area contributed by atoms with E-state index in [9.17, 15) is 9.18 Å². The number of benzene rings is 1. The molecule has 1 amide bonds. The molecule has 0 aliphatic carbocycles. The minimum absolute atomic E-state index is 0.0809. The Labute approximate surface area is 133 Å². The Hall–Kier alpha value is -1.72. The first-order valence-electron chi connectivity index (χ1n) is 7.44. The molecule has 2 aromatic rings. The molecule has 116 valence electrons. The zero-order valence-electron chi connectivity index (χ0n) is 12.5. The Balaban J connectivity index is 1.83. The number of likely N-dealkylation sites (tertiary alicyclic amines) is 1. The summed E-state index contributed by atoms with van der Waals surface area (Å²) < 4.78 is 13.0. The SMILES string of the molecule is Cc1sc(C(=O)N2CCC(CN)C2)cc1-c1ccc(F)cc1. The zero-order chi connectivity index (χ0) is 15.7. The molecule has 3 rings (SSSR count). The highest BCUT2D eigenvalue weighted by atomic mass is 32.1. The average molecular weight is 318 g/mol. The number of aryl methyl sites for hydroxylation is 1. The number of hydrogen-bond acceptors (Lipinski definition) is 3. The Morgan fingerprint density at radius 3 is 2.77 bits per heavy atom. The molecule has 1 aliphatic heterocycles. The molecule has 22 heavy (non-hydrogen) atoms. The number of hydrogen-bond donors (Lipinski definition) is 1. The molecular weight excluding hydrogens is 299 g/mol. The minimum Gasteiger partial charge on any atom is -0.338 e. The van der Waals surface area contributed by atoms with Crippen molar-refractivity contribution in [3.8, 4) is 11.1 Å². The number of carbonyl (C=O) groups excluding carboxylic acids is 1. The molecule has 0 spiro atoms. The number of thiophene rings is 1. The molecule has 1 aromatic carbocycles. The average Bonchev–Trinajstić information content (AvgIpc) is 3.14. The molecule has 2 heterocycles. The van der Waals surface area contributed by atoms with Crippen LogP contribution in [-0.2, 0) is 0 Å². The van der Waals surface area contributed by atoms with E-state index in [1.807, 2.05) is 17.9 Å². The van der Waals surface area contributed by atoms with Crippen molar-refractivity contribution in [2.75, 3.05) is 19.6 Å². The van der Waals surface area contributed by atoms with Crippen LogP contribution in [0.5, 0.6) is 0 Å². The maximum atomic E-state index is 13.0. The van der Waals surface area contributed by atoms with Crippen LogP contribution in [0.15, 0.2) is 30.3 Å². The van der Waals surface area contributed by atoms with Gasteiger partial charge in [0.15, 0.2) is 0 Å². The van der Waals surface area contributed by atoms with E-state index in [4.69, 9.17) is 5.73 Å². The van der Waals surface area contributed by atoms with Crippen molar-refractivity contribution >= 4 is 17.2 Å². The van der Waals surface area contributed by atoms with Gasteiger partial charge < -0.3 is 10.6 Å². The van der Waals surface area contributed by atoms with Gasteiger partial charge >= 0.3 is 0 Å². The lowest BCUT2D eigenvalue weighted by molar-refractivity contribution is 0.0792. The molecule has 1 saturated heterocycles. The second-order valence-corrected chi connectivity index (χ2v) is 6.99. The highest BCUT2D eigenvalue weighted by Crippen LogP contribution is 2.32. The monoisotopic (exact) mass is 318 g/mol. The largest absolute Gasteiger partial charge is 0.338 e. The third kappa shape index (κ3) is 2.91. The molecule has 2 N–H and O–H groups in total. The molecular formula is C17H19FN2OS. The van der Waals surface area contributed by atoms with Gasteiger partial charge in [0, 0.05) is 18.0 Å². The van der Waals surface area contributed by atoms with Crippen LogP contribution in [0.25, 0.3) is 11.1 Å². The number of carbonyl (C=O) groups is 1. The third-order valence-corrected chi connectivity index (χ3v) is 5.23. The van der Waals surface area contributed by atoms with Crippen LogP contribution in [0.1, 0.15) is 21.0 Å². The highest BCUT2D eigenvalue weighted by molar-refractivity contribution is 7.14. The van der Waals surface area contributed by atoms with Crippen molar-refractivity contribution in [2.45, 2.75) is 13.3 Å². The first-order chi connectivity index (χ1) is 10.6. The minimum atomic E-state index is -0.252. The summed E-state index contributed by atoms with van der Waals surface area (Å²) in [4.78, 5) is 16.3.